The molecule has 3 aliphatic rings. The van der Waals surface area contributed by atoms with Gasteiger partial charge in [0.2, 0.25) is 0 Å². The van der Waals surface area contributed by atoms with E-state index in [9.17, 15) is 0 Å². The van der Waals surface area contributed by atoms with Crippen LogP contribution in [0.1, 0.15) is 12.8 Å². The molecule has 2 aliphatic heterocycles. The Labute approximate surface area is 61.4 Å². The minimum Gasteiger partial charge on any atom is -0.295 e. The van der Waals surface area contributed by atoms with Gasteiger partial charge in [-0.3, -0.25) is 4.84 Å². The molecule has 2 bridgehead atoms. The third-order valence-electron chi connectivity index (χ3n) is 2.41. The molecule has 3 rings (SSSR count). The lowest BCUT2D eigenvalue weighted by Gasteiger charge is -2.24. The van der Waals surface area contributed by atoms with Crippen molar-refractivity contribution < 1.29 is 4.84 Å². The summed E-state index contributed by atoms with van der Waals surface area (Å²) in [6.45, 7) is 5.43. The van der Waals surface area contributed by atoms with Crippen LogP contribution in [-0.2, 0) is 4.84 Å². The van der Waals surface area contributed by atoms with Gasteiger partial charge < -0.3 is 0 Å². The Balaban J connectivity index is 1.78. The molecule has 10 heavy (non-hydrogen) atoms. The zero-order valence-corrected chi connectivity index (χ0v) is 6.12. The Kier molecular flexibility index (Phi) is 1.51. The first-order valence-electron chi connectivity index (χ1n) is 3.90. The van der Waals surface area contributed by atoms with E-state index in [0.717, 1.165) is 18.5 Å². The smallest absolute Gasteiger partial charge is 0.0864 e. The molecule has 56 valence electrons. The van der Waals surface area contributed by atoms with Gasteiger partial charge in [-0.25, -0.2) is 0 Å². The van der Waals surface area contributed by atoms with E-state index < -0.39 is 0 Å². The van der Waals surface area contributed by atoms with Gasteiger partial charge in [-0.05, 0) is 18.8 Å². The van der Waals surface area contributed by atoms with Crippen molar-refractivity contribution in [1.29, 1.82) is 0 Å². The zero-order chi connectivity index (χ0) is 6.97. The van der Waals surface area contributed by atoms with Crippen LogP contribution in [0.4, 0.5) is 0 Å². The van der Waals surface area contributed by atoms with Crippen LogP contribution in [0.25, 0.3) is 0 Å². The van der Waals surface area contributed by atoms with E-state index in [1.165, 1.54) is 12.8 Å². The van der Waals surface area contributed by atoms with Gasteiger partial charge in [0.1, 0.15) is 0 Å². The molecule has 0 aromatic rings. The first-order valence-corrected chi connectivity index (χ1v) is 3.90. The average molecular weight is 139 g/mol. The summed E-state index contributed by atoms with van der Waals surface area (Å²) in [5, 5.41) is 2.12. The van der Waals surface area contributed by atoms with E-state index in [4.69, 9.17) is 4.84 Å². The molecule has 0 N–H and O–H groups in total. The Morgan fingerprint density at radius 1 is 1.60 bits per heavy atom. The number of nitrogens with zero attached hydrogens (tertiary/aromatic N) is 1. The molecular weight excluding hydrogens is 126 g/mol. The van der Waals surface area contributed by atoms with Gasteiger partial charge in [-0.2, -0.15) is 5.06 Å². The molecule has 0 unspecified atom stereocenters. The summed E-state index contributed by atoms with van der Waals surface area (Å²) in [6, 6.07) is 0.741. The molecule has 2 heteroatoms. The largest absolute Gasteiger partial charge is 0.295 e. The maximum absolute atomic E-state index is 5.42. The average Bonchev–Trinajstić information content (AvgIpc) is 2.37. The predicted molar refractivity (Wildman–Crippen MR) is 39.4 cm³/mol. The van der Waals surface area contributed by atoms with Crippen LogP contribution in [-0.4, -0.2) is 24.3 Å². The van der Waals surface area contributed by atoms with Crippen molar-refractivity contribution in [3.63, 3.8) is 0 Å². The predicted octanol–water partition coefficient (Wildman–Crippen LogP) is 1.20. The highest BCUT2D eigenvalue weighted by Gasteiger charge is 2.43. The van der Waals surface area contributed by atoms with Crippen molar-refractivity contribution >= 4 is 0 Å². The number of hydrogen-bond donors (Lipinski definition) is 0. The van der Waals surface area contributed by atoms with E-state index in [1.54, 1.807) is 6.08 Å². The lowest BCUT2D eigenvalue weighted by molar-refractivity contribution is -0.148. The van der Waals surface area contributed by atoms with Gasteiger partial charge in [-0.1, -0.05) is 6.08 Å². The molecule has 0 spiro atoms. The maximum atomic E-state index is 5.42. The van der Waals surface area contributed by atoms with Crippen LogP contribution in [0.2, 0.25) is 0 Å². The fourth-order valence-electron chi connectivity index (χ4n) is 1.79. The maximum Gasteiger partial charge on any atom is 0.0864 e. The molecule has 0 aromatic heterocycles. The van der Waals surface area contributed by atoms with E-state index in [1.807, 2.05) is 0 Å². The molecule has 3 fully saturated rings. The molecule has 0 radical (unpaired) electrons. The van der Waals surface area contributed by atoms with Gasteiger partial charge in [-0.15, -0.1) is 6.58 Å². The molecule has 0 amide bonds. The summed E-state index contributed by atoms with van der Waals surface area (Å²) in [7, 11) is 0. The van der Waals surface area contributed by atoms with E-state index in [-0.39, 0.29) is 0 Å². The van der Waals surface area contributed by atoms with Crippen molar-refractivity contribution in [3.05, 3.63) is 12.7 Å². The second-order valence-corrected chi connectivity index (χ2v) is 3.18. The number of hydroxylamine groups is 2. The van der Waals surface area contributed by atoms with Crippen molar-refractivity contribution in [1.82, 2.24) is 5.06 Å². The van der Waals surface area contributed by atoms with Gasteiger partial charge in [0.25, 0.3) is 0 Å². The Morgan fingerprint density at radius 3 is 2.90 bits per heavy atom. The monoisotopic (exact) mass is 139 g/mol. The molecule has 1 saturated carbocycles. The first-order chi connectivity index (χ1) is 4.90. The van der Waals surface area contributed by atoms with E-state index in [0.29, 0.717) is 6.61 Å². The number of hydrogen-bond acceptors (Lipinski definition) is 2. The molecular formula is C8H13NO. The summed E-state index contributed by atoms with van der Waals surface area (Å²) in [5.41, 5.74) is 0. The highest BCUT2D eigenvalue weighted by atomic mass is 16.7. The number of rotatable bonds is 3. The molecule has 2 saturated heterocycles. The van der Waals surface area contributed by atoms with Crippen LogP contribution in [0.3, 0.4) is 0 Å². The Hall–Kier alpha value is -0.340. The normalized spacial score (nSPS) is 37.6. The summed E-state index contributed by atoms with van der Waals surface area (Å²) >= 11 is 0. The summed E-state index contributed by atoms with van der Waals surface area (Å²) < 4.78 is 0. The lowest BCUT2D eigenvalue weighted by atomic mass is 9.87. The van der Waals surface area contributed by atoms with Gasteiger partial charge in [0, 0.05) is 12.6 Å². The minimum absolute atomic E-state index is 0.670. The molecule has 2 nitrogen and oxygen atoms in total. The highest BCUT2D eigenvalue weighted by Crippen LogP contribution is 2.40. The second-order valence-electron chi connectivity index (χ2n) is 3.18. The lowest BCUT2D eigenvalue weighted by Crippen LogP contribution is -2.28. The molecule has 0 atom stereocenters. The number of fused-ring (bicyclic) bond motifs is 1. The van der Waals surface area contributed by atoms with Crippen LogP contribution in [0.15, 0.2) is 12.7 Å². The molecule has 0 aromatic carbocycles. The van der Waals surface area contributed by atoms with Crippen LogP contribution >= 0.6 is 0 Å². The Bertz CT molecular complexity index is 140. The zero-order valence-electron chi connectivity index (χ0n) is 6.12. The molecule has 2 heterocycles. The van der Waals surface area contributed by atoms with Crippen molar-refractivity contribution in [3.8, 4) is 0 Å². The van der Waals surface area contributed by atoms with Gasteiger partial charge >= 0.3 is 0 Å². The van der Waals surface area contributed by atoms with E-state index >= 15 is 0 Å². The summed E-state index contributed by atoms with van der Waals surface area (Å²) in [5.74, 6) is 0.940. The van der Waals surface area contributed by atoms with Crippen molar-refractivity contribution in [2.24, 2.45) is 5.92 Å². The topological polar surface area (TPSA) is 12.5 Å². The Morgan fingerprint density at radius 2 is 2.40 bits per heavy atom. The fraction of sp³-hybridized carbons (Fsp3) is 0.750. The van der Waals surface area contributed by atoms with Crippen molar-refractivity contribution in [2.75, 3.05) is 13.2 Å². The first kappa shape index (κ1) is 6.38. The standard InChI is InChI=1S/C8H13NO/c1-2-3-10-9-6-7-4-8(9)5-7/h2,7-8H,1,3-6H2. The van der Waals surface area contributed by atoms with E-state index in [2.05, 4.69) is 11.6 Å². The third kappa shape index (κ3) is 0.879. The summed E-state index contributed by atoms with van der Waals surface area (Å²) in [4.78, 5) is 5.42. The van der Waals surface area contributed by atoms with Gasteiger partial charge in [0.05, 0.1) is 6.61 Å². The van der Waals surface area contributed by atoms with Crippen LogP contribution < -0.4 is 0 Å². The fourth-order valence-corrected chi connectivity index (χ4v) is 1.79. The van der Waals surface area contributed by atoms with Crippen LogP contribution in [0.5, 0.6) is 0 Å². The molecule has 1 aliphatic carbocycles. The SMILES string of the molecule is C=CCON1CC2CC1C2. The minimum atomic E-state index is 0.670. The summed E-state index contributed by atoms with van der Waals surface area (Å²) in [6.07, 6.45) is 4.52. The van der Waals surface area contributed by atoms with Crippen molar-refractivity contribution in [2.45, 2.75) is 18.9 Å². The third-order valence-corrected chi connectivity index (χ3v) is 2.41. The quantitative estimate of drug-likeness (QED) is 0.545. The highest BCUT2D eigenvalue weighted by molar-refractivity contribution is 4.93. The van der Waals surface area contributed by atoms with Gasteiger partial charge in [0.15, 0.2) is 0 Å². The van der Waals surface area contributed by atoms with Crippen LogP contribution in [0, 0.1) is 5.92 Å². The second kappa shape index (κ2) is 2.36.